The summed E-state index contributed by atoms with van der Waals surface area (Å²) < 4.78 is 31.6. The molecule has 1 fully saturated rings. The van der Waals surface area contributed by atoms with Crippen LogP contribution in [0, 0.1) is 5.92 Å². The number of halogens is 1. The van der Waals surface area contributed by atoms with Crippen LogP contribution in [0.5, 0.6) is 0 Å². The van der Waals surface area contributed by atoms with Gasteiger partial charge in [0.2, 0.25) is 10.0 Å². The van der Waals surface area contributed by atoms with Crippen LogP contribution in [-0.4, -0.2) is 43.8 Å². The Hall–Kier alpha value is -1.64. The lowest BCUT2D eigenvalue weighted by molar-refractivity contribution is -0.154. The van der Waals surface area contributed by atoms with E-state index in [4.69, 9.17) is 16.3 Å². The number of carbonyl (C=O) groups excluding carboxylic acids is 2. The second-order valence-electron chi connectivity index (χ2n) is 6.07. The number of sulfonamides is 1. The third kappa shape index (κ3) is 4.75. The fraction of sp³-hybridized carbons (Fsp3) is 0.529. The van der Waals surface area contributed by atoms with Crippen molar-refractivity contribution in [2.24, 2.45) is 5.92 Å². The number of nitrogens with one attached hydrogen (secondary N) is 1. The maximum atomic E-state index is 12.6. The Kier molecular flexibility index (Phi) is 6.65. The zero-order valence-electron chi connectivity index (χ0n) is 15.0. The average Bonchev–Trinajstić information content (AvgIpc) is 3.42. The maximum absolute atomic E-state index is 12.6. The molecule has 26 heavy (non-hydrogen) atoms. The largest absolute Gasteiger partial charge is 0.452 e. The summed E-state index contributed by atoms with van der Waals surface area (Å²) in [5.41, 5.74) is 0.152. The summed E-state index contributed by atoms with van der Waals surface area (Å²) in [7, 11) is -3.68. The number of rotatable bonds is 8. The zero-order valence-corrected chi connectivity index (χ0v) is 16.6. The average molecular weight is 403 g/mol. The summed E-state index contributed by atoms with van der Waals surface area (Å²) in [5.74, 6) is -1.08. The molecule has 1 aliphatic carbocycles. The Bertz CT molecular complexity index is 788. The van der Waals surface area contributed by atoms with Crippen LogP contribution in [0.1, 0.15) is 33.6 Å². The number of anilines is 1. The third-order valence-electron chi connectivity index (χ3n) is 4.11. The molecular weight excluding hydrogens is 380 g/mol. The Morgan fingerprint density at radius 2 is 1.92 bits per heavy atom. The summed E-state index contributed by atoms with van der Waals surface area (Å²) in [6, 6.07) is 4.11. The quantitative estimate of drug-likeness (QED) is 0.675. The maximum Gasteiger partial charge on any atom is 0.309 e. The fourth-order valence-electron chi connectivity index (χ4n) is 2.35. The molecule has 0 aliphatic heterocycles. The van der Waals surface area contributed by atoms with Gasteiger partial charge in [0.25, 0.3) is 5.91 Å². The first-order chi connectivity index (χ1) is 12.2. The van der Waals surface area contributed by atoms with Crippen molar-refractivity contribution in [3.63, 3.8) is 0 Å². The molecule has 1 aromatic rings. The van der Waals surface area contributed by atoms with E-state index in [1.54, 1.807) is 13.8 Å². The van der Waals surface area contributed by atoms with Gasteiger partial charge >= 0.3 is 5.97 Å². The fourth-order valence-corrected chi connectivity index (χ4v) is 4.00. The minimum atomic E-state index is -3.68. The predicted molar refractivity (Wildman–Crippen MR) is 98.5 cm³/mol. The number of nitrogens with zero attached hydrogens (tertiary/aromatic N) is 1. The first-order valence-electron chi connectivity index (χ1n) is 8.51. The number of hydrogen-bond donors (Lipinski definition) is 1. The number of carbonyl (C=O) groups is 2. The highest BCUT2D eigenvalue weighted by molar-refractivity contribution is 7.89. The molecular formula is C17H23ClN2O5S. The van der Waals surface area contributed by atoms with E-state index in [0.29, 0.717) is 13.1 Å². The smallest absolute Gasteiger partial charge is 0.309 e. The topological polar surface area (TPSA) is 92.8 Å². The lowest BCUT2D eigenvalue weighted by Gasteiger charge is -2.19. The van der Waals surface area contributed by atoms with Gasteiger partial charge in [-0.3, -0.25) is 9.59 Å². The van der Waals surface area contributed by atoms with Gasteiger partial charge in [-0.15, -0.1) is 0 Å². The van der Waals surface area contributed by atoms with E-state index in [9.17, 15) is 18.0 Å². The van der Waals surface area contributed by atoms with Crippen LogP contribution in [0.4, 0.5) is 5.69 Å². The van der Waals surface area contributed by atoms with Crippen LogP contribution in [-0.2, 0) is 24.3 Å². The van der Waals surface area contributed by atoms with Gasteiger partial charge in [-0.25, -0.2) is 8.42 Å². The van der Waals surface area contributed by atoms with Crippen molar-refractivity contribution in [2.75, 3.05) is 18.4 Å². The van der Waals surface area contributed by atoms with Crippen LogP contribution < -0.4 is 5.32 Å². The molecule has 0 unspecified atom stereocenters. The van der Waals surface area contributed by atoms with Gasteiger partial charge in [0.15, 0.2) is 6.10 Å². The molecule has 1 amide bonds. The molecule has 0 spiro atoms. The number of hydrogen-bond acceptors (Lipinski definition) is 5. The molecule has 2 rings (SSSR count). The summed E-state index contributed by atoms with van der Waals surface area (Å²) >= 11 is 6.08. The molecule has 0 heterocycles. The van der Waals surface area contributed by atoms with Crippen molar-refractivity contribution in [1.82, 2.24) is 4.31 Å². The number of amides is 1. The monoisotopic (exact) mass is 402 g/mol. The molecule has 1 atom stereocenters. The molecule has 0 saturated heterocycles. The minimum Gasteiger partial charge on any atom is -0.452 e. The number of benzene rings is 1. The Labute approximate surface area is 158 Å². The van der Waals surface area contributed by atoms with E-state index in [0.717, 1.165) is 12.8 Å². The van der Waals surface area contributed by atoms with E-state index < -0.39 is 28.0 Å². The van der Waals surface area contributed by atoms with Crippen LogP contribution in [0.25, 0.3) is 0 Å². The standard InChI is InChI=1S/C17H23ClN2O5S/c1-4-20(5-2)26(23,24)13-8-9-14(18)15(10-13)19-16(21)11(3)25-17(22)12-6-7-12/h8-12H,4-7H2,1-3H3,(H,19,21)/t11-/m1/s1. The first-order valence-corrected chi connectivity index (χ1v) is 10.3. The molecule has 9 heteroatoms. The molecule has 7 nitrogen and oxygen atoms in total. The van der Waals surface area contributed by atoms with Crippen molar-refractivity contribution in [1.29, 1.82) is 0 Å². The lowest BCUT2D eigenvalue weighted by atomic mass is 10.3. The van der Waals surface area contributed by atoms with E-state index in [2.05, 4.69) is 5.32 Å². The molecule has 144 valence electrons. The van der Waals surface area contributed by atoms with Crippen LogP contribution >= 0.6 is 11.6 Å². The van der Waals surface area contributed by atoms with Gasteiger partial charge in [0, 0.05) is 13.1 Å². The Morgan fingerprint density at radius 3 is 2.46 bits per heavy atom. The third-order valence-corrected chi connectivity index (χ3v) is 6.49. The summed E-state index contributed by atoms with van der Waals surface area (Å²) in [5, 5.41) is 2.72. The highest BCUT2D eigenvalue weighted by atomic mass is 35.5. The lowest BCUT2D eigenvalue weighted by Crippen LogP contribution is -2.31. The highest BCUT2D eigenvalue weighted by Crippen LogP contribution is 2.31. The molecule has 0 radical (unpaired) electrons. The SMILES string of the molecule is CCN(CC)S(=O)(=O)c1ccc(Cl)c(NC(=O)[C@@H](C)OC(=O)C2CC2)c1. The normalized spacial score (nSPS) is 15.6. The van der Waals surface area contributed by atoms with Crippen molar-refractivity contribution in [3.05, 3.63) is 23.2 Å². The van der Waals surface area contributed by atoms with Crippen LogP contribution in [0.3, 0.4) is 0 Å². The van der Waals surface area contributed by atoms with E-state index >= 15 is 0 Å². The predicted octanol–water partition coefficient (Wildman–Crippen LogP) is 2.65. The van der Waals surface area contributed by atoms with Crippen molar-refractivity contribution >= 4 is 39.2 Å². The minimum absolute atomic E-state index is 0.0310. The van der Waals surface area contributed by atoms with Crippen molar-refractivity contribution in [3.8, 4) is 0 Å². The van der Waals surface area contributed by atoms with Gasteiger partial charge in [-0.1, -0.05) is 25.4 Å². The number of esters is 1. The van der Waals surface area contributed by atoms with E-state index in [-0.39, 0.29) is 21.5 Å². The Morgan fingerprint density at radius 1 is 1.31 bits per heavy atom. The van der Waals surface area contributed by atoms with Crippen molar-refractivity contribution in [2.45, 2.75) is 44.6 Å². The van der Waals surface area contributed by atoms with E-state index in [1.807, 2.05) is 0 Å². The second-order valence-corrected chi connectivity index (χ2v) is 8.42. The molecule has 1 N–H and O–H groups in total. The molecule has 1 aliphatic rings. The van der Waals surface area contributed by atoms with E-state index in [1.165, 1.54) is 29.4 Å². The first kappa shape index (κ1) is 20.7. The zero-order chi connectivity index (χ0) is 19.5. The summed E-state index contributed by atoms with van der Waals surface area (Å²) in [4.78, 5) is 23.9. The Balaban J connectivity index is 2.16. The van der Waals surface area contributed by atoms with Gasteiger partial charge in [0.1, 0.15) is 0 Å². The summed E-state index contributed by atoms with van der Waals surface area (Å²) in [6.07, 6.45) is 0.566. The van der Waals surface area contributed by atoms with Gasteiger partial charge in [-0.05, 0) is 38.0 Å². The second kappa shape index (κ2) is 8.37. The highest BCUT2D eigenvalue weighted by Gasteiger charge is 2.33. The van der Waals surface area contributed by atoms with Gasteiger partial charge in [-0.2, -0.15) is 4.31 Å². The van der Waals surface area contributed by atoms with Crippen LogP contribution in [0.2, 0.25) is 5.02 Å². The molecule has 1 saturated carbocycles. The van der Waals surface area contributed by atoms with Gasteiger partial charge in [0.05, 0.1) is 21.5 Å². The van der Waals surface area contributed by atoms with Gasteiger partial charge < -0.3 is 10.1 Å². The number of ether oxygens (including phenoxy) is 1. The summed E-state index contributed by atoms with van der Waals surface area (Å²) in [6.45, 7) is 5.61. The van der Waals surface area contributed by atoms with Crippen molar-refractivity contribution < 1.29 is 22.7 Å². The molecule has 0 aromatic heterocycles. The molecule has 0 bridgehead atoms. The molecule has 1 aromatic carbocycles. The van der Waals surface area contributed by atoms with Crippen LogP contribution in [0.15, 0.2) is 23.1 Å².